The van der Waals surface area contributed by atoms with Gasteiger partial charge in [0.15, 0.2) is 11.4 Å². The first-order valence-corrected chi connectivity index (χ1v) is 8.86. The Hall–Kier alpha value is -3.86. The van der Waals surface area contributed by atoms with Crippen molar-refractivity contribution in [1.29, 1.82) is 0 Å². The van der Waals surface area contributed by atoms with Crippen molar-refractivity contribution in [3.8, 4) is 5.82 Å². The van der Waals surface area contributed by atoms with Crippen LogP contribution in [0.3, 0.4) is 0 Å². The second kappa shape index (κ2) is 4.45. The van der Waals surface area contributed by atoms with Crippen LogP contribution in [0.4, 0.5) is 0 Å². The molecule has 0 saturated carbocycles. The number of imidazole rings is 1. The lowest BCUT2D eigenvalue weighted by Gasteiger charge is -2.19. The molecule has 0 spiro atoms. The van der Waals surface area contributed by atoms with Gasteiger partial charge in [-0.25, -0.2) is 4.98 Å². The second-order valence-electron chi connectivity index (χ2n) is 6.82. The molecule has 0 radical (unpaired) electrons. The highest BCUT2D eigenvalue weighted by Gasteiger charge is 2.23. The van der Waals surface area contributed by atoms with Crippen molar-refractivity contribution < 1.29 is 4.42 Å². The fourth-order valence-electron chi connectivity index (χ4n) is 4.20. The van der Waals surface area contributed by atoms with Crippen LogP contribution in [-0.2, 0) is 0 Å². The number of hydrogen-bond donors (Lipinski definition) is 0. The van der Waals surface area contributed by atoms with E-state index in [-0.39, 0.29) is 0 Å². The maximum Gasteiger partial charge on any atom is 0.264 e. The van der Waals surface area contributed by atoms with Gasteiger partial charge in [0, 0.05) is 11.6 Å². The van der Waals surface area contributed by atoms with Gasteiger partial charge in [0.05, 0.1) is 11.0 Å². The summed E-state index contributed by atoms with van der Waals surface area (Å²) in [5.41, 5.74) is 5.25. The smallest absolute Gasteiger partial charge is 0.264 e. The number of aromatic nitrogens is 4. The van der Waals surface area contributed by atoms with E-state index in [9.17, 15) is 0 Å². The van der Waals surface area contributed by atoms with Gasteiger partial charge in [0.2, 0.25) is 0 Å². The van der Waals surface area contributed by atoms with Gasteiger partial charge in [0.25, 0.3) is 5.71 Å². The zero-order chi connectivity index (χ0) is 17.5. The van der Waals surface area contributed by atoms with E-state index in [1.54, 1.807) is 0 Å². The molecule has 0 N–H and O–H groups in total. The molecule has 0 fully saturated rings. The van der Waals surface area contributed by atoms with Crippen LogP contribution in [0.15, 0.2) is 77.3 Å². The molecule has 5 heteroatoms. The first-order valence-electron chi connectivity index (χ1n) is 8.86. The molecule has 0 bridgehead atoms. The zero-order valence-corrected chi connectivity index (χ0v) is 14.1. The van der Waals surface area contributed by atoms with E-state index in [0.29, 0.717) is 5.71 Å². The van der Waals surface area contributed by atoms with Gasteiger partial charge in [-0.3, -0.25) is 8.97 Å². The summed E-state index contributed by atoms with van der Waals surface area (Å²) in [5, 5.41) is 3.48. The van der Waals surface area contributed by atoms with Gasteiger partial charge in [-0.05, 0) is 41.1 Å². The Bertz CT molecular complexity index is 1630. The van der Waals surface area contributed by atoms with Gasteiger partial charge in [-0.1, -0.05) is 36.4 Å². The number of fused-ring (bicyclic) bond motifs is 6. The molecular weight excluding hydrogens is 336 g/mol. The van der Waals surface area contributed by atoms with E-state index in [2.05, 4.69) is 56.4 Å². The Labute approximate surface area is 152 Å². The Kier molecular flexibility index (Phi) is 2.20. The van der Waals surface area contributed by atoms with Crippen LogP contribution in [-0.4, -0.2) is 18.9 Å². The molecule has 4 heterocycles. The molecule has 27 heavy (non-hydrogen) atoms. The summed E-state index contributed by atoms with van der Waals surface area (Å²) in [7, 11) is 0. The SMILES string of the molecule is c1ccc2cc3c(cc2c1)c1nccc2nc4oc5ccccc5n3-c4n21. The third-order valence-corrected chi connectivity index (χ3v) is 5.35. The number of para-hydroxylation sites is 2. The minimum absolute atomic E-state index is 0.613. The van der Waals surface area contributed by atoms with Crippen LogP contribution in [0.1, 0.15) is 0 Å². The maximum absolute atomic E-state index is 6.12. The molecule has 2 aromatic heterocycles. The lowest BCUT2D eigenvalue weighted by atomic mass is 10.1. The monoisotopic (exact) mass is 348 g/mol. The van der Waals surface area contributed by atoms with Crippen LogP contribution < -0.4 is 0 Å². The van der Waals surface area contributed by atoms with Gasteiger partial charge in [-0.2, -0.15) is 4.98 Å². The van der Waals surface area contributed by atoms with E-state index < -0.39 is 0 Å². The van der Waals surface area contributed by atoms with Crippen LogP contribution in [0.25, 0.3) is 55.6 Å². The van der Waals surface area contributed by atoms with E-state index >= 15 is 0 Å². The summed E-state index contributed by atoms with van der Waals surface area (Å²) in [6.45, 7) is 0. The average Bonchev–Trinajstić information content (AvgIpc) is 3.09. The molecule has 0 unspecified atom stereocenters. The summed E-state index contributed by atoms with van der Waals surface area (Å²) < 4.78 is 10.4. The number of hydrogen-bond acceptors (Lipinski definition) is 3. The number of benzene rings is 3. The minimum atomic E-state index is 0.613. The van der Waals surface area contributed by atoms with Crippen molar-refractivity contribution in [3.05, 3.63) is 72.9 Å². The highest BCUT2D eigenvalue weighted by Crippen LogP contribution is 2.36. The first kappa shape index (κ1) is 13.4. The molecule has 0 aliphatic carbocycles. The predicted octanol–water partition coefficient (Wildman–Crippen LogP) is 5.16. The highest BCUT2D eigenvalue weighted by atomic mass is 16.3. The Morgan fingerprint density at radius 3 is 2.56 bits per heavy atom. The van der Waals surface area contributed by atoms with Crippen molar-refractivity contribution in [3.63, 3.8) is 0 Å². The summed E-state index contributed by atoms with van der Waals surface area (Å²) >= 11 is 0. The predicted molar refractivity (Wildman–Crippen MR) is 106 cm³/mol. The molecule has 5 aromatic rings. The quantitative estimate of drug-likeness (QED) is 0.281. The summed E-state index contributed by atoms with van der Waals surface area (Å²) in [4.78, 5) is 9.40. The summed E-state index contributed by atoms with van der Waals surface area (Å²) in [5.74, 6) is 0.912. The van der Waals surface area contributed by atoms with E-state index in [1.165, 1.54) is 10.8 Å². The van der Waals surface area contributed by atoms with E-state index in [0.717, 1.165) is 39.1 Å². The lowest BCUT2D eigenvalue weighted by molar-refractivity contribution is 0.634. The first-order chi connectivity index (χ1) is 13.4. The molecule has 0 atom stereocenters. The lowest BCUT2D eigenvalue weighted by Crippen LogP contribution is -2.09. The van der Waals surface area contributed by atoms with Crippen molar-refractivity contribution in [2.45, 2.75) is 0 Å². The van der Waals surface area contributed by atoms with Gasteiger partial charge in [-0.15, -0.1) is 0 Å². The molecule has 0 amide bonds. The van der Waals surface area contributed by atoms with Crippen LogP contribution in [0.2, 0.25) is 0 Å². The van der Waals surface area contributed by atoms with Crippen LogP contribution in [0.5, 0.6) is 0 Å². The van der Waals surface area contributed by atoms with Crippen LogP contribution >= 0.6 is 0 Å². The Morgan fingerprint density at radius 2 is 1.63 bits per heavy atom. The largest absolute Gasteiger partial charge is 0.434 e. The summed E-state index contributed by atoms with van der Waals surface area (Å²) in [6.07, 6.45) is 1.81. The molecule has 0 saturated heterocycles. The van der Waals surface area contributed by atoms with Crippen molar-refractivity contribution in [1.82, 2.24) is 18.9 Å². The van der Waals surface area contributed by atoms with Gasteiger partial charge in [0.1, 0.15) is 11.3 Å². The summed E-state index contributed by atoms with van der Waals surface area (Å²) in [6, 6.07) is 22.9. The normalized spacial score (nSPS) is 12.4. The molecular formula is C22H12N4O. The van der Waals surface area contributed by atoms with Crippen molar-refractivity contribution in [2.24, 2.45) is 0 Å². The van der Waals surface area contributed by atoms with Gasteiger partial charge < -0.3 is 4.42 Å². The number of rotatable bonds is 0. The van der Waals surface area contributed by atoms with Crippen LogP contribution in [0, 0.1) is 0 Å². The third-order valence-electron chi connectivity index (χ3n) is 5.35. The molecule has 2 aliphatic heterocycles. The van der Waals surface area contributed by atoms with E-state index in [4.69, 9.17) is 9.40 Å². The zero-order valence-electron chi connectivity index (χ0n) is 14.1. The average molecular weight is 348 g/mol. The molecule has 2 aliphatic rings. The maximum atomic E-state index is 6.12. The molecule has 126 valence electrons. The molecule has 3 aromatic carbocycles. The number of nitrogens with zero attached hydrogens (tertiary/aromatic N) is 4. The van der Waals surface area contributed by atoms with Gasteiger partial charge >= 0.3 is 0 Å². The van der Waals surface area contributed by atoms with Crippen molar-refractivity contribution >= 4 is 49.8 Å². The fourth-order valence-corrected chi connectivity index (χ4v) is 4.20. The van der Waals surface area contributed by atoms with E-state index in [1.807, 2.05) is 30.5 Å². The molecule has 5 nitrogen and oxygen atoms in total. The fraction of sp³-hybridized carbons (Fsp3) is 0. The minimum Gasteiger partial charge on any atom is -0.434 e. The topological polar surface area (TPSA) is 48.3 Å². The molecule has 7 rings (SSSR count). The Morgan fingerprint density at radius 1 is 0.815 bits per heavy atom. The third kappa shape index (κ3) is 1.55. The highest BCUT2D eigenvalue weighted by molar-refractivity contribution is 6.06. The Balaban J connectivity index is 1.92. The standard InChI is InChI=1S/C22H12N4O/c1-2-6-14-12-17-15(11-13(14)5-1)20-23-10-9-19-24-21-22(26(19)20)25(17)16-7-3-4-8-18(16)27-21/h1-12H. The van der Waals surface area contributed by atoms with Crippen molar-refractivity contribution in [2.75, 3.05) is 0 Å². The second-order valence-corrected chi connectivity index (χ2v) is 6.82.